The van der Waals surface area contributed by atoms with E-state index in [-0.39, 0.29) is 6.61 Å². The summed E-state index contributed by atoms with van der Waals surface area (Å²) < 4.78 is 5.15. The maximum atomic E-state index is 10.2. The monoisotopic (exact) mass is 208 g/mol. The van der Waals surface area contributed by atoms with E-state index in [0.29, 0.717) is 25.3 Å². The molecule has 2 heterocycles. The lowest BCUT2D eigenvalue weighted by molar-refractivity contribution is -0.105. The first-order valence-electron chi connectivity index (χ1n) is 4.71. The van der Waals surface area contributed by atoms with Crippen molar-refractivity contribution in [1.82, 2.24) is 4.98 Å². The van der Waals surface area contributed by atoms with Gasteiger partial charge in [0.15, 0.2) is 0 Å². The topological polar surface area (TPSA) is 71.5 Å². The van der Waals surface area contributed by atoms with Gasteiger partial charge in [-0.05, 0) is 17.7 Å². The molecule has 15 heavy (non-hydrogen) atoms. The molecule has 0 saturated carbocycles. The lowest BCUT2D eigenvalue weighted by atomic mass is 9.94. The summed E-state index contributed by atoms with van der Waals surface area (Å²) in [4.78, 5) is 14.2. The summed E-state index contributed by atoms with van der Waals surface area (Å²) in [5.74, 6) is 0.433. The number of nitrogens with zero attached hydrogens (tertiary/aromatic N) is 1. The van der Waals surface area contributed by atoms with E-state index < -0.39 is 5.60 Å². The van der Waals surface area contributed by atoms with Crippen molar-refractivity contribution >= 4 is 12.2 Å². The van der Waals surface area contributed by atoms with Gasteiger partial charge in [-0.15, -0.1) is 0 Å². The van der Waals surface area contributed by atoms with Gasteiger partial charge in [-0.1, -0.05) is 0 Å². The van der Waals surface area contributed by atoms with E-state index in [4.69, 9.17) is 4.74 Å². The third kappa shape index (κ3) is 1.98. The number of carbonyl (C=O) groups excluding carboxylic acids is 1. The second kappa shape index (κ2) is 3.96. The van der Waals surface area contributed by atoms with Crippen LogP contribution in [0.2, 0.25) is 0 Å². The van der Waals surface area contributed by atoms with E-state index in [2.05, 4.69) is 10.3 Å². The van der Waals surface area contributed by atoms with Crippen molar-refractivity contribution in [1.29, 1.82) is 0 Å². The molecule has 0 aliphatic carbocycles. The Labute approximate surface area is 87.1 Å². The molecule has 2 N–H and O–H groups in total. The number of anilines is 1. The smallest absolute Gasteiger partial charge is 0.212 e. The number of carbonyl (C=O) groups is 1. The SMILES string of the molecule is O=CNc1cc(C2(O)CCOC2)ccn1. The number of aromatic nitrogens is 1. The first-order valence-corrected chi connectivity index (χ1v) is 4.71. The molecule has 0 spiro atoms. The van der Waals surface area contributed by atoms with Crippen LogP contribution >= 0.6 is 0 Å². The number of aliphatic hydroxyl groups is 1. The van der Waals surface area contributed by atoms with Crippen LogP contribution in [0.4, 0.5) is 5.82 Å². The fourth-order valence-electron chi connectivity index (χ4n) is 1.64. The Balaban J connectivity index is 2.27. The van der Waals surface area contributed by atoms with Crippen molar-refractivity contribution in [3.05, 3.63) is 23.9 Å². The van der Waals surface area contributed by atoms with Crippen LogP contribution in [-0.4, -0.2) is 29.7 Å². The average molecular weight is 208 g/mol. The third-order valence-electron chi connectivity index (χ3n) is 2.50. The predicted molar refractivity (Wildman–Crippen MR) is 53.3 cm³/mol. The molecular formula is C10H12N2O3. The van der Waals surface area contributed by atoms with Crippen LogP contribution in [0.1, 0.15) is 12.0 Å². The summed E-state index contributed by atoms with van der Waals surface area (Å²) >= 11 is 0. The van der Waals surface area contributed by atoms with Gasteiger partial charge >= 0.3 is 0 Å². The van der Waals surface area contributed by atoms with Crippen LogP contribution in [0.25, 0.3) is 0 Å². The zero-order valence-corrected chi connectivity index (χ0v) is 8.14. The van der Waals surface area contributed by atoms with Gasteiger partial charge < -0.3 is 15.2 Å². The summed E-state index contributed by atoms with van der Waals surface area (Å²) in [5, 5.41) is 12.6. The quantitative estimate of drug-likeness (QED) is 0.699. The summed E-state index contributed by atoms with van der Waals surface area (Å²) in [6, 6.07) is 3.38. The van der Waals surface area contributed by atoms with E-state index in [1.165, 1.54) is 0 Å². The van der Waals surface area contributed by atoms with E-state index in [1.54, 1.807) is 18.3 Å². The molecule has 1 aliphatic rings. The normalized spacial score (nSPS) is 25.1. The highest BCUT2D eigenvalue weighted by Gasteiger charge is 2.34. The van der Waals surface area contributed by atoms with Crippen molar-refractivity contribution in [2.75, 3.05) is 18.5 Å². The average Bonchev–Trinajstić information content (AvgIpc) is 2.68. The minimum absolute atomic E-state index is 0.289. The highest BCUT2D eigenvalue weighted by atomic mass is 16.5. The molecule has 1 fully saturated rings. The van der Waals surface area contributed by atoms with Gasteiger partial charge in [0, 0.05) is 19.2 Å². The number of ether oxygens (including phenoxy) is 1. The Bertz CT molecular complexity index is 361. The van der Waals surface area contributed by atoms with Crippen molar-refractivity contribution in [2.45, 2.75) is 12.0 Å². The molecule has 1 aliphatic heterocycles. The van der Waals surface area contributed by atoms with Crippen LogP contribution in [0.3, 0.4) is 0 Å². The van der Waals surface area contributed by atoms with E-state index in [1.807, 2.05) is 0 Å². The highest BCUT2D eigenvalue weighted by molar-refractivity contribution is 5.68. The molecule has 5 nitrogen and oxygen atoms in total. The minimum Gasteiger partial charge on any atom is -0.383 e. The highest BCUT2D eigenvalue weighted by Crippen LogP contribution is 2.30. The minimum atomic E-state index is -0.942. The zero-order chi connectivity index (χ0) is 10.7. The Morgan fingerprint density at radius 1 is 1.67 bits per heavy atom. The van der Waals surface area contributed by atoms with Crippen molar-refractivity contribution in [2.24, 2.45) is 0 Å². The molecule has 0 aromatic carbocycles. The fraction of sp³-hybridized carbons (Fsp3) is 0.400. The number of rotatable bonds is 3. The summed E-state index contributed by atoms with van der Waals surface area (Å²) in [6.07, 6.45) is 2.68. The van der Waals surface area contributed by atoms with Gasteiger partial charge in [-0.3, -0.25) is 4.79 Å². The van der Waals surface area contributed by atoms with E-state index >= 15 is 0 Å². The maximum Gasteiger partial charge on any atom is 0.212 e. The molecule has 1 aromatic rings. The molecule has 80 valence electrons. The molecule has 1 amide bonds. The molecule has 1 aromatic heterocycles. The Hall–Kier alpha value is -1.46. The second-order valence-corrected chi connectivity index (χ2v) is 3.53. The van der Waals surface area contributed by atoms with Crippen molar-refractivity contribution < 1.29 is 14.6 Å². The lowest BCUT2D eigenvalue weighted by Crippen LogP contribution is -2.25. The first kappa shape index (κ1) is 10.1. The Morgan fingerprint density at radius 2 is 2.53 bits per heavy atom. The lowest BCUT2D eigenvalue weighted by Gasteiger charge is -2.20. The van der Waals surface area contributed by atoms with Crippen molar-refractivity contribution in [3.8, 4) is 0 Å². The van der Waals surface area contributed by atoms with E-state index in [0.717, 1.165) is 5.56 Å². The first-order chi connectivity index (χ1) is 7.24. The number of hydrogen-bond donors (Lipinski definition) is 2. The summed E-state index contributed by atoms with van der Waals surface area (Å²) in [5.41, 5.74) is -0.221. The summed E-state index contributed by atoms with van der Waals surface area (Å²) in [6.45, 7) is 0.840. The number of amides is 1. The zero-order valence-electron chi connectivity index (χ0n) is 8.14. The molecular weight excluding hydrogens is 196 g/mol. The maximum absolute atomic E-state index is 10.2. The Morgan fingerprint density at radius 3 is 3.20 bits per heavy atom. The van der Waals surface area contributed by atoms with Crippen LogP contribution in [0, 0.1) is 0 Å². The summed E-state index contributed by atoms with van der Waals surface area (Å²) in [7, 11) is 0. The number of hydrogen-bond acceptors (Lipinski definition) is 4. The van der Waals surface area contributed by atoms with Gasteiger partial charge in [0.1, 0.15) is 11.4 Å². The molecule has 0 bridgehead atoms. The number of pyridine rings is 1. The van der Waals surface area contributed by atoms with Crippen LogP contribution in [0.5, 0.6) is 0 Å². The Kier molecular flexibility index (Phi) is 2.66. The molecule has 2 rings (SSSR count). The van der Waals surface area contributed by atoms with Crippen LogP contribution in [-0.2, 0) is 15.1 Å². The van der Waals surface area contributed by atoms with Crippen LogP contribution in [0.15, 0.2) is 18.3 Å². The van der Waals surface area contributed by atoms with Crippen LogP contribution < -0.4 is 5.32 Å². The van der Waals surface area contributed by atoms with Gasteiger partial charge in [-0.25, -0.2) is 4.98 Å². The standard InChI is InChI=1S/C10H12N2O3/c13-7-12-9-5-8(1-3-11-9)10(14)2-4-15-6-10/h1,3,5,7,14H,2,4,6H2,(H,11,12,13). The van der Waals surface area contributed by atoms with Gasteiger partial charge in [0.25, 0.3) is 0 Å². The second-order valence-electron chi connectivity index (χ2n) is 3.53. The molecule has 5 heteroatoms. The molecule has 1 saturated heterocycles. The fourth-order valence-corrected chi connectivity index (χ4v) is 1.64. The molecule has 0 radical (unpaired) electrons. The van der Waals surface area contributed by atoms with Gasteiger partial charge in [-0.2, -0.15) is 0 Å². The van der Waals surface area contributed by atoms with Gasteiger partial charge in [0.05, 0.1) is 6.61 Å². The number of nitrogens with one attached hydrogen (secondary N) is 1. The predicted octanol–water partition coefficient (Wildman–Crippen LogP) is 0.258. The van der Waals surface area contributed by atoms with Crippen molar-refractivity contribution in [3.63, 3.8) is 0 Å². The van der Waals surface area contributed by atoms with Gasteiger partial charge in [0.2, 0.25) is 6.41 Å². The molecule has 1 atom stereocenters. The largest absolute Gasteiger partial charge is 0.383 e. The molecule has 1 unspecified atom stereocenters. The third-order valence-corrected chi connectivity index (χ3v) is 2.50. The van der Waals surface area contributed by atoms with E-state index in [9.17, 15) is 9.90 Å².